The molecule has 0 radical (unpaired) electrons. The highest BCUT2D eigenvalue weighted by Gasteiger charge is 2.05. The molecule has 0 saturated carbocycles. The molecule has 17 heavy (non-hydrogen) atoms. The zero-order chi connectivity index (χ0) is 12.8. The fourth-order valence-corrected chi connectivity index (χ4v) is 1.87. The quantitative estimate of drug-likeness (QED) is 0.770. The van der Waals surface area contributed by atoms with Crippen LogP contribution in [0.1, 0.15) is 24.5 Å². The minimum atomic E-state index is -0.194. The smallest absolute Gasteiger partial charge is 0.126 e. The van der Waals surface area contributed by atoms with E-state index in [4.69, 9.17) is 17.3 Å². The summed E-state index contributed by atoms with van der Waals surface area (Å²) in [6.45, 7) is 5.36. The summed E-state index contributed by atoms with van der Waals surface area (Å²) >= 11 is 6.05. The second-order valence-corrected chi connectivity index (χ2v) is 4.87. The van der Waals surface area contributed by atoms with Gasteiger partial charge in [0.05, 0.1) is 0 Å². The summed E-state index contributed by atoms with van der Waals surface area (Å²) in [5, 5.41) is 3.90. The van der Waals surface area contributed by atoms with Gasteiger partial charge in [-0.15, -0.1) is 0 Å². The van der Waals surface area contributed by atoms with Crippen molar-refractivity contribution in [3.05, 3.63) is 34.1 Å². The van der Waals surface area contributed by atoms with E-state index in [9.17, 15) is 4.39 Å². The van der Waals surface area contributed by atoms with Gasteiger partial charge in [-0.3, -0.25) is 0 Å². The van der Waals surface area contributed by atoms with Crippen LogP contribution in [-0.2, 0) is 6.42 Å². The molecule has 0 aliphatic rings. The lowest BCUT2D eigenvalue weighted by atomic mass is 10.1. The third-order valence-corrected chi connectivity index (χ3v) is 3.03. The maximum Gasteiger partial charge on any atom is 0.126 e. The standard InChI is InChI=1S/C13H20ClFN2/c1-9-7-12(14)11(8-13(9)15)4-6-17-5-3-10(2)16/h7-8,10,17H,3-6,16H2,1-2H3. The van der Waals surface area contributed by atoms with Gasteiger partial charge in [0.15, 0.2) is 0 Å². The number of hydrogen-bond donors (Lipinski definition) is 2. The minimum absolute atomic E-state index is 0.194. The highest BCUT2D eigenvalue weighted by molar-refractivity contribution is 6.31. The van der Waals surface area contributed by atoms with Gasteiger partial charge in [0, 0.05) is 11.1 Å². The number of nitrogens with one attached hydrogen (secondary N) is 1. The number of benzene rings is 1. The van der Waals surface area contributed by atoms with Crippen LogP contribution < -0.4 is 11.1 Å². The SMILES string of the molecule is Cc1cc(Cl)c(CCNCCC(C)N)cc1F. The number of halogens is 2. The Hall–Kier alpha value is -0.640. The molecule has 1 unspecified atom stereocenters. The summed E-state index contributed by atoms with van der Waals surface area (Å²) in [5.41, 5.74) is 7.07. The summed E-state index contributed by atoms with van der Waals surface area (Å²) in [6.07, 6.45) is 1.67. The van der Waals surface area contributed by atoms with Crippen molar-refractivity contribution in [2.45, 2.75) is 32.7 Å². The highest BCUT2D eigenvalue weighted by atomic mass is 35.5. The predicted octanol–water partition coefficient (Wildman–Crippen LogP) is 2.66. The molecule has 1 rings (SSSR count). The molecule has 0 heterocycles. The topological polar surface area (TPSA) is 38.0 Å². The lowest BCUT2D eigenvalue weighted by molar-refractivity contribution is 0.587. The fraction of sp³-hybridized carbons (Fsp3) is 0.538. The summed E-state index contributed by atoms with van der Waals surface area (Å²) in [4.78, 5) is 0. The van der Waals surface area contributed by atoms with E-state index in [1.807, 2.05) is 6.92 Å². The van der Waals surface area contributed by atoms with Crippen LogP contribution in [0.5, 0.6) is 0 Å². The first-order chi connectivity index (χ1) is 8.00. The van der Waals surface area contributed by atoms with Crippen molar-refractivity contribution in [1.29, 1.82) is 0 Å². The lowest BCUT2D eigenvalue weighted by Crippen LogP contribution is -2.25. The first kappa shape index (κ1) is 14.4. The number of hydrogen-bond acceptors (Lipinski definition) is 2. The first-order valence-electron chi connectivity index (χ1n) is 5.91. The van der Waals surface area contributed by atoms with Crippen LogP contribution in [0, 0.1) is 12.7 Å². The molecule has 1 aromatic carbocycles. The molecule has 0 fully saturated rings. The van der Waals surface area contributed by atoms with Gasteiger partial charge in [-0.1, -0.05) is 11.6 Å². The Morgan fingerprint density at radius 3 is 2.76 bits per heavy atom. The average molecular weight is 259 g/mol. The van der Waals surface area contributed by atoms with Crippen molar-refractivity contribution < 1.29 is 4.39 Å². The molecule has 1 atom stereocenters. The normalized spacial score (nSPS) is 12.8. The van der Waals surface area contributed by atoms with Crippen molar-refractivity contribution in [2.75, 3.05) is 13.1 Å². The van der Waals surface area contributed by atoms with E-state index in [2.05, 4.69) is 5.32 Å². The predicted molar refractivity (Wildman–Crippen MR) is 71.0 cm³/mol. The zero-order valence-corrected chi connectivity index (χ0v) is 11.1. The summed E-state index contributed by atoms with van der Waals surface area (Å²) in [7, 11) is 0. The van der Waals surface area contributed by atoms with Crippen LogP contribution in [0.15, 0.2) is 12.1 Å². The van der Waals surface area contributed by atoms with Crippen LogP contribution in [0.2, 0.25) is 5.02 Å². The molecule has 0 aliphatic heterocycles. The number of rotatable bonds is 6. The summed E-state index contributed by atoms with van der Waals surface area (Å²) < 4.78 is 13.3. The Balaban J connectivity index is 2.39. The van der Waals surface area contributed by atoms with E-state index in [0.717, 1.165) is 31.5 Å². The number of aryl methyl sites for hydroxylation is 1. The van der Waals surface area contributed by atoms with Crippen LogP contribution >= 0.6 is 11.6 Å². The van der Waals surface area contributed by atoms with E-state index in [0.29, 0.717) is 10.6 Å². The molecule has 0 bridgehead atoms. The second kappa shape index (κ2) is 6.94. The van der Waals surface area contributed by atoms with E-state index in [-0.39, 0.29) is 11.9 Å². The molecular weight excluding hydrogens is 239 g/mol. The first-order valence-corrected chi connectivity index (χ1v) is 6.29. The van der Waals surface area contributed by atoms with E-state index in [1.54, 1.807) is 13.0 Å². The van der Waals surface area contributed by atoms with Crippen LogP contribution in [0.4, 0.5) is 4.39 Å². The maximum absolute atomic E-state index is 13.3. The molecule has 3 N–H and O–H groups in total. The average Bonchev–Trinajstić information content (AvgIpc) is 2.24. The summed E-state index contributed by atoms with van der Waals surface area (Å²) in [6, 6.07) is 3.40. The molecule has 0 saturated heterocycles. The molecule has 0 amide bonds. The molecule has 1 aromatic rings. The van der Waals surface area contributed by atoms with Gasteiger partial charge in [-0.25, -0.2) is 4.39 Å². The van der Waals surface area contributed by atoms with Gasteiger partial charge in [0.1, 0.15) is 5.82 Å². The molecule has 4 heteroatoms. The lowest BCUT2D eigenvalue weighted by Gasteiger charge is -2.09. The van der Waals surface area contributed by atoms with Crippen molar-refractivity contribution in [3.8, 4) is 0 Å². The Kier molecular flexibility index (Phi) is 5.89. The Morgan fingerprint density at radius 2 is 2.12 bits per heavy atom. The zero-order valence-electron chi connectivity index (χ0n) is 10.4. The van der Waals surface area contributed by atoms with E-state index >= 15 is 0 Å². The second-order valence-electron chi connectivity index (χ2n) is 4.46. The van der Waals surface area contributed by atoms with E-state index < -0.39 is 0 Å². The van der Waals surface area contributed by atoms with Gasteiger partial charge in [-0.05, 0) is 63.0 Å². The van der Waals surface area contributed by atoms with Crippen molar-refractivity contribution in [2.24, 2.45) is 5.73 Å². The molecule has 2 nitrogen and oxygen atoms in total. The Bertz CT molecular complexity index is 367. The third kappa shape index (κ3) is 5.02. The number of nitrogens with two attached hydrogens (primary N) is 1. The van der Waals surface area contributed by atoms with Gasteiger partial charge in [-0.2, -0.15) is 0 Å². The van der Waals surface area contributed by atoms with Gasteiger partial charge >= 0.3 is 0 Å². The molecule has 0 aliphatic carbocycles. The monoisotopic (exact) mass is 258 g/mol. The fourth-order valence-electron chi connectivity index (χ4n) is 1.56. The van der Waals surface area contributed by atoms with Gasteiger partial charge in [0.2, 0.25) is 0 Å². The minimum Gasteiger partial charge on any atom is -0.328 e. The maximum atomic E-state index is 13.3. The van der Waals surface area contributed by atoms with Crippen molar-refractivity contribution in [1.82, 2.24) is 5.32 Å². The van der Waals surface area contributed by atoms with Crippen molar-refractivity contribution >= 4 is 11.6 Å². The Morgan fingerprint density at radius 1 is 1.41 bits per heavy atom. The third-order valence-electron chi connectivity index (χ3n) is 2.68. The Labute approximate surface area is 107 Å². The summed E-state index contributed by atoms with van der Waals surface area (Å²) in [5.74, 6) is -0.194. The molecule has 96 valence electrons. The van der Waals surface area contributed by atoms with Crippen LogP contribution in [0.3, 0.4) is 0 Å². The highest BCUT2D eigenvalue weighted by Crippen LogP contribution is 2.20. The molecule has 0 aromatic heterocycles. The molecule has 0 spiro atoms. The largest absolute Gasteiger partial charge is 0.328 e. The van der Waals surface area contributed by atoms with Crippen LogP contribution in [0.25, 0.3) is 0 Å². The molecular formula is C13H20ClFN2. The van der Waals surface area contributed by atoms with Crippen molar-refractivity contribution in [3.63, 3.8) is 0 Å². The van der Waals surface area contributed by atoms with Crippen LogP contribution in [-0.4, -0.2) is 19.1 Å². The van der Waals surface area contributed by atoms with Gasteiger partial charge in [0.25, 0.3) is 0 Å². The van der Waals surface area contributed by atoms with Gasteiger partial charge < -0.3 is 11.1 Å². The van der Waals surface area contributed by atoms with E-state index in [1.165, 1.54) is 6.07 Å².